The molecule has 2 fully saturated rings. The summed E-state index contributed by atoms with van der Waals surface area (Å²) >= 11 is 0. The Morgan fingerprint density at radius 3 is 3.05 bits per heavy atom. The van der Waals surface area contributed by atoms with Gasteiger partial charge in [0.2, 0.25) is 0 Å². The minimum absolute atomic E-state index is 0.165. The second-order valence-corrected chi connectivity index (χ2v) is 6.24. The molecule has 8 nitrogen and oxygen atoms in total. The molecule has 22 heavy (non-hydrogen) atoms. The van der Waals surface area contributed by atoms with E-state index < -0.39 is 0 Å². The number of tetrazole rings is 1. The molecule has 0 bridgehead atoms. The molecular formula is C14H21N7O. The number of hydrogen-bond donors (Lipinski definition) is 0. The van der Waals surface area contributed by atoms with Crippen molar-refractivity contribution in [3.63, 3.8) is 0 Å². The van der Waals surface area contributed by atoms with Gasteiger partial charge in [0.25, 0.3) is 0 Å². The van der Waals surface area contributed by atoms with E-state index in [1.807, 2.05) is 15.6 Å². The third-order valence-electron chi connectivity index (χ3n) is 4.19. The van der Waals surface area contributed by atoms with Gasteiger partial charge >= 0.3 is 0 Å². The molecule has 1 aliphatic heterocycles. The van der Waals surface area contributed by atoms with Crippen LogP contribution < -0.4 is 0 Å². The highest BCUT2D eigenvalue weighted by Crippen LogP contribution is 2.34. The summed E-state index contributed by atoms with van der Waals surface area (Å²) in [4.78, 5) is 2.37. The lowest BCUT2D eigenvalue weighted by atomic mass is 10.2. The van der Waals surface area contributed by atoms with Gasteiger partial charge in [0, 0.05) is 19.3 Å². The van der Waals surface area contributed by atoms with Crippen LogP contribution in [0, 0.1) is 6.92 Å². The van der Waals surface area contributed by atoms with E-state index in [1.54, 1.807) is 0 Å². The monoisotopic (exact) mass is 303 g/mol. The quantitative estimate of drug-likeness (QED) is 0.797. The van der Waals surface area contributed by atoms with Crippen LogP contribution in [-0.2, 0) is 17.8 Å². The van der Waals surface area contributed by atoms with E-state index in [-0.39, 0.29) is 6.10 Å². The molecule has 1 saturated carbocycles. The molecule has 0 aromatic carbocycles. The number of aryl methyl sites for hydroxylation is 1. The lowest BCUT2D eigenvalue weighted by Crippen LogP contribution is -2.44. The minimum Gasteiger partial charge on any atom is -0.374 e. The van der Waals surface area contributed by atoms with Crippen LogP contribution in [0.4, 0.5) is 0 Å². The summed E-state index contributed by atoms with van der Waals surface area (Å²) in [6, 6.07) is 0.522. The first-order chi connectivity index (χ1) is 10.8. The zero-order valence-electron chi connectivity index (χ0n) is 12.8. The first kappa shape index (κ1) is 13.8. The van der Waals surface area contributed by atoms with Crippen LogP contribution in [0.1, 0.15) is 30.3 Å². The largest absolute Gasteiger partial charge is 0.374 e. The molecule has 2 aliphatic rings. The van der Waals surface area contributed by atoms with Crippen LogP contribution in [0.15, 0.2) is 12.4 Å². The fourth-order valence-corrected chi connectivity index (χ4v) is 2.93. The van der Waals surface area contributed by atoms with Crippen molar-refractivity contribution in [3.8, 4) is 0 Å². The Morgan fingerprint density at radius 2 is 2.27 bits per heavy atom. The van der Waals surface area contributed by atoms with Gasteiger partial charge in [0.1, 0.15) is 0 Å². The maximum absolute atomic E-state index is 5.87. The zero-order chi connectivity index (χ0) is 14.9. The highest BCUT2D eigenvalue weighted by atomic mass is 16.5. The molecule has 1 atom stereocenters. The Hall–Kier alpha value is -1.80. The Balaban J connectivity index is 1.37. The summed E-state index contributed by atoms with van der Waals surface area (Å²) in [5.74, 6) is 0.970. The summed E-state index contributed by atoms with van der Waals surface area (Å²) in [6.07, 6.45) is 6.49. The molecule has 1 saturated heterocycles. The first-order valence-corrected chi connectivity index (χ1v) is 7.87. The van der Waals surface area contributed by atoms with Crippen molar-refractivity contribution in [2.45, 2.75) is 45.0 Å². The smallest absolute Gasteiger partial charge is 0.165 e. The van der Waals surface area contributed by atoms with Gasteiger partial charge < -0.3 is 4.74 Å². The maximum Gasteiger partial charge on any atom is 0.165 e. The molecule has 0 spiro atoms. The number of morpholine rings is 1. The summed E-state index contributed by atoms with van der Waals surface area (Å²) in [6.45, 7) is 6.19. The first-order valence-electron chi connectivity index (χ1n) is 7.87. The molecule has 3 heterocycles. The fourth-order valence-electron chi connectivity index (χ4n) is 2.93. The van der Waals surface area contributed by atoms with Gasteiger partial charge in [-0.05, 0) is 35.8 Å². The van der Waals surface area contributed by atoms with Gasteiger partial charge in [-0.3, -0.25) is 9.58 Å². The van der Waals surface area contributed by atoms with E-state index in [2.05, 4.69) is 38.6 Å². The Labute approximate surface area is 129 Å². The SMILES string of the molecule is Cc1cnn(CC2CN(Cc3nnnn3C3CC3)CCO2)c1. The second kappa shape index (κ2) is 5.77. The number of ether oxygens (including phenoxy) is 1. The van der Waals surface area contributed by atoms with E-state index in [0.717, 1.165) is 38.6 Å². The Bertz CT molecular complexity index is 633. The maximum atomic E-state index is 5.87. The fraction of sp³-hybridized carbons (Fsp3) is 0.714. The van der Waals surface area contributed by atoms with Gasteiger partial charge in [0.05, 0.1) is 38.0 Å². The van der Waals surface area contributed by atoms with Crippen molar-refractivity contribution in [2.24, 2.45) is 0 Å². The highest BCUT2D eigenvalue weighted by Gasteiger charge is 2.29. The summed E-state index contributed by atoms with van der Waals surface area (Å²) in [5.41, 5.74) is 1.18. The lowest BCUT2D eigenvalue weighted by Gasteiger charge is -2.32. The standard InChI is InChI=1S/C14H21N7O/c1-11-6-15-20(7-11)9-13-8-19(4-5-22-13)10-14-16-17-18-21(14)12-2-3-12/h6-7,12-13H,2-5,8-10H2,1H3. The van der Waals surface area contributed by atoms with E-state index >= 15 is 0 Å². The average molecular weight is 303 g/mol. The van der Waals surface area contributed by atoms with E-state index in [0.29, 0.717) is 6.04 Å². The van der Waals surface area contributed by atoms with E-state index in [9.17, 15) is 0 Å². The molecule has 1 unspecified atom stereocenters. The van der Waals surface area contributed by atoms with Crippen LogP contribution in [0.3, 0.4) is 0 Å². The summed E-state index contributed by atoms with van der Waals surface area (Å²) in [5, 5.41) is 16.5. The summed E-state index contributed by atoms with van der Waals surface area (Å²) < 4.78 is 9.81. The predicted octanol–water partition coefficient (Wildman–Crippen LogP) is 0.414. The molecule has 2 aromatic heterocycles. The molecule has 8 heteroatoms. The second-order valence-electron chi connectivity index (χ2n) is 6.24. The topological polar surface area (TPSA) is 73.9 Å². The van der Waals surface area contributed by atoms with Crippen LogP contribution in [0.5, 0.6) is 0 Å². The van der Waals surface area contributed by atoms with Gasteiger partial charge in [0.15, 0.2) is 5.82 Å². The van der Waals surface area contributed by atoms with E-state index in [4.69, 9.17) is 4.74 Å². The molecule has 0 N–H and O–H groups in total. The van der Waals surface area contributed by atoms with E-state index in [1.165, 1.54) is 18.4 Å². The normalized spacial score (nSPS) is 23.0. The molecule has 4 rings (SSSR count). The molecule has 2 aromatic rings. The van der Waals surface area contributed by atoms with Crippen LogP contribution in [0.25, 0.3) is 0 Å². The van der Waals surface area contributed by atoms with Crippen molar-refractivity contribution in [3.05, 3.63) is 23.8 Å². The minimum atomic E-state index is 0.165. The third-order valence-corrected chi connectivity index (χ3v) is 4.19. The zero-order valence-corrected chi connectivity index (χ0v) is 12.8. The number of rotatable bonds is 5. The molecular weight excluding hydrogens is 282 g/mol. The lowest BCUT2D eigenvalue weighted by molar-refractivity contribution is -0.0412. The highest BCUT2D eigenvalue weighted by molar-refractivity contribution is 4.99. The number of hydrogen-bond acceptors (Lipinski definition) is 6. The van der Waals surface area contributed by atoms with Gasteiger partial charge in [-0.2, -0.15) is 5.10 Å². The van der Waals surface area contributed by atoms with Gasteiger partial charge in [-0.1, -0.05) is 0 Å². The third kappa shape index (κ3) is 3.02. The molecule has 0 amide bonds. The van der Waals surface area contributed by atoms with Gasteiger partial charge in [-0.15, -0.1) is 5.10 Å². The Morgan fingerprint density at radius 1 is 1.36 bits per heavy atom. The van der Waals surface area contributed by atoms with Crippen molar-refractivity contribution >= 4 is 0 Å². The van der Waals surface area contributed by atoms with Crippen LogP contribution in [0.2, 0.25) is 0 Å². The van der Waals surface area contributed by atoms with Gasteiger partial charge in [-0.25, -0.2) is 4.68 Å². The van der Waals surface area contributed by atoms with Crippen LogP contribution in [-0.4, -0.2) is 60.7 Å². The number of nitrogens with zero attached hydrogens (tertiary/aromatic N) is 7. The average Bonchev–Trinajstić information content (AvgIpc) is 3.12. The van der Waals surface area contributed by atoms with Crippen LogP contribution >= 0.6 is 0 Å². The predicted molar refractivity (Wildman–Crippen MR) is 78.1 cm³/mol. The van der Waals surface area contributed by atoms with Crippen molar-refractivity contribution in [1.29, 1.82) is 0 Å². The summed E-state index contributed by atoms with van der Waals surface area (Å²) in [7, 11) is 0. The molecule has 118 valence electrons. The molecule has 0 radical (unpaired) electrons. The van der Waals surface area contributed by atoms with Crippen molar-refractivity contribution in [2.75, 3.05) is 19.7 Å². The number of aromatic nitrogens is 6. The van der Waals surface area contributed by atoms with Crippen molar-refractivity contribution in [1.82, 2.24) is 34.9 Å². The molecule has 1 aliphatic carbocycles. The Kier molecular flexibility index (Phi) is 3.63. The van der Waals surface area contributed by atoms with Crippen molar-refractivity contribution < 1.29 is 4.74 Å².